The molecule has 1 aliphatic rings. The summed E-state index contributed by atoms with van der Waals surface area (Å²) < 4.78 is 10.8. The van der Waals surface area contributed by atoms with Crippen LogP contribution in [0.3, 0.4) is 0 Å². The molecule has 1 fully saturated rings. The Morgan fingerprint density at radius 2 is 1.80 bits per heavy atom. The van der Waals surface area contributed by atoms with Gasteiger partial charge in [0.05, 0.1) is 32.4 Å². The zero-order valence-corrected chi connectivity index (χ0v) is 24.8. The number of benzene rings is 2. The van der Waals surface area contributed by atoms with Crippen molar-refractivity contribution in [3.63, 3.8) is 0 Å². The van der Waals surface area contributed by atoms with Crippen molar-refractivity contribution < 1.29 is 19.1 Å². The maximum Gasteiger partial charge on any atom is 0.322 e. The van der Waals surface area contributed by atoms with Gasteiger partial charge >= 0.3 is 6.03 Å². The molecule has 1 heterocycles. The number of methoxy groups -OCH3 is 2. The molecule has 216 valence electrons. The predicted octanol–water partition coefficient (Wildman–Crippen LogP) is 6.38. The highest BCUT2D eigenvalue weighted by molar-refractivity contribution is 7.11. The summed E-state index contributed by atoms with van der Waals surface area (Å²) in [5.41, 5.74) is 2.04. The SMILES string of the molecule is COc1ccc(CCN(Cc2ccc(C)s2)C(=O)CN(C(=O)Nc2cccc(C#N)c2)C2CCCCC2)cc1OC. The Kier molecular flexibility index (Phi) is 10.6. The maximum atomic E-state index is 13.9. The van der Waals surface area contributed by atoms with E-state index < -0.39 is 0 Å². The summed E-state index contributed by atoms with van der Waals surface area (Å²) in [6, 6.07) is 18.5. The molecule has 2 aromatic carbocycles. The van der Waals surface area contributed by atoms with Gasteiger partial charge in [-0.3, -0.25) is 4.79 Å². The molecule has 1 aliphatic carbocycles. The van der Waals surface area contributed by atoms with Gasteiger partial charge in [0.15, 0.2) is 11.5 Å². The van der Waals surface area contributed by atoms with Crippen molar-refractivity contribution in [2.75, 3.05) is 32.6 Å². The Morgan fingerprint density at radius 1 is 1.02 bits per heavy atom. The summed E-state index contributed by atoms with van der Waals surface area (Å²) in [6.07, 6.45) is 5.57. The highest BCUT2D eigenvalue weighted by Crippen LogP contribution is 2.28. The topological polar surface area (TPSA) is 94.9 Å². The summed E-state index contributed by atoms with van der Waals surface area (Å²) >= 11 is 1.67. The zero-order chi connectivity index (χ0) is 29.2. The summed E-state index contributed by atoms with van der Waals surface area (Å²) in [4.78, 5) is 33.3. The number of aryl methyl sites for hydroxylation is 1. The lowest BCUT2D eigenvalue weighted by Crippen LogP contribution is -2.49. The van der Waals surface area contributed by atoms with Crippen LogP contribution in [0.15, 0.2) is 54.6 Å². The fourth-order valence-electron chi connectivity index (χ4n) is 5.22. The van der Waals surface area contributed by atoms with Gasteiger partial charge in [0, 0.05) is 28.0 Å². The minimum atomic E-state index is -0.313. The van der Waals surface area contributed by atoms with E-state index in [0.29, 0.717) is 42.3 Å². The molecule has 0 atom stereocenters. The molecule has 8 nitrogen and oxygen atoms in total. The summed E-state index contributed by atoms with van der Waals surface area (Å²) in [5.74, 6) is 1.22. The van der Waals surface area contributed by atoms with E-state index in [2.05, 4.69) is 30.4 Å². The third-order valence-electron chi connectivity index (χ3n) is 7.44. The van der Waals surface area contributed by atoms with Gasteiger partial charge in [0.2, 0.25) is 5.91 Å². The first-order valence-corrected chi connectivity index (χ1v) is 14.8. The first-order chi connectivity index (χ1) is 19.9. The van der Waals surface area contributed by atoms with E-state index in [0.717, 1.165) is 42.5 Å². The number of nitriles is 1. The van der Waals surface area contributed by atoms with E-state index in [4.69, 9.17) is 9.47 Å². The average molecular weight is 575 g/mol. The van der Waals surface area contributed by atoms with Crippen LogP contribution >= 0.6 is 11.3 Å². The molecule has 4 rings (SSSR count). The predicted molar refractivity (Wildman–Crippen MR) is 161 cm³/mol. The first kappa shape index (κ1) is 29.9. The van der Waals surface area contributed by atoms with Crippen molar-refractivity contribution in [1.82, 2.24) is 9.80 Å². The van der Waals surface area contributed by atoms with Crippen LogP contribution in [-0.4, -0.2) is 55.1 Å². The lowest BCUT2D eigenvalue weighted by molar-refractivity contribution is -0.132. The van der Waals surface area contributed by atoms with Crippen LogP contribution in [0.25, 0.3) is 0 Å². The minimum absolute atomic E-state index is 0.00919. The highest BCUT2D eigenvalue weighted by Gasteiger charge is 2.29. The number of urea groups is 1. The van der Waals surface area contributed by atoms with Crippen LogP contribution in [0, 0.1) is 18.3 Å². The highest BCUT2D eigenvalue weighted by atomic mass is 32.1. The van der Waals surface area contributed by atoms with Gasteiger partial charge < -0.3 is 24.6 Å². The second-order valence-electron chi connectivity index (χ2n) is 10.3. The van der Waals surface area contributed by atoms with E-state index in [9.17, 15) is 14.9 Å². The molecule has 1 N–H and O–H groups in total. The Bertz CT molecular complexity index is 1380. The molecule has 0 spiro atoms. The molecule has 0 radical (unpaired) electrons. The third-order valence-corrected chi connectivity index (χ3v) is 8.42. The molecular weight excluding hydrogens is 536 g/mol. The van der Waals surface area contributed by atoms with Crippen molar-refractivity contribution >= 4 is 29.0 Å². The molecule has 9 heteroatoms. The third kappa shape index (κ3) is 8.24. The van der Waals surface area contributed by atoms with Gasteiger partial charge in [0.25, 0.3) is 0 Å². The number of nitrogens with zero attached hydrogens (tertiary/aromatic N) is 3. The molecule has 0 aliphatic heterocycles. The van der Waals surface area contributed by atoms with E-state index in [-0.39, 0.29) is 24.5 Å². The van der Waals surface area contributed by atoms with Crippen LogP contribution in [0.4, 0.5) is 10.5 Å². The van der Waals surface area contributed by atoms with Gasteiger partial charge in [-0.2, -0.15) is 5.26 Å². The molecule has 1 saturated carbocycles. The van der Waals surface area contributed by atoms with Gasteiger partial charge in [-0.1, -0.05) is 31.4 Å². The van der Waals surface area contributed by atoms with Gasteiger partial charge in [-0.05, 0) is 74.2 Å². The van der Waals surface area contributed by atoms with Gasteiger partial charge in [-0.15, -0.1) is 11.3 Å². The van der Waals surface area contributed by atoms with Crippen molar-refractivity contribution in [2.45, 2.75) is 58.0 Å². The standard InChI is InChI=1S/C32H38N4O4S/c1-23-12-14-28(41-23)21-35(17-16-24-13-15-29(39-2)30(19-24)40-3)31(37)22-36(27-10-5-4-6-11-27)32(38)34-26-9-7-8-25(18-26)20-33/h7-9,12-15,18-19,27H,4-6,10-11,16-17,21-22H2,1-3H3,(H,34,38). The molecule has 0 unspecified atom stereocenters. The number of rotatable bonds is 11. The monoisotopic (exact) mass is 574 g/mol. The number of nitrogens with one attached hydrogen (secondary N) is 1. The van der Waals surface area contributed by atoms with Gasteiger partial charge in [-0.25, -0.2) is 4.79 Å². The first-order valence-electron chi connectivity index (χ1n) is 14.0. The molecule has 0 bridgehead atoms. The van der Waals surface area contributed by atoms with Crippen molar-refractivity contribution in [2.24, 2.45) is 0 Å². The van der Waals surface area contributed by atoms with Crippen molar-refractivity contribution in [1.29, 1.82) is 5.26 Å². The van der Waals surface area contributed by atoms with Crippen LogP contribution in [-0.2, 0) is 17.8 Å². The Labute approximate surface area is 246 Å². The lowest BCUT2D eigenvalue weighted by Gasteiger charge is -2.35. The van der Waals surface area contributed by atoms with E-state index in [1.807, 2.05) is 23.1 Å². The van der Waals surface area contributed by atoms with Crippen LogP contribution in [0.2, 0.25) is 0 Å². The fourth-order valence-corrected chi connectivity index (χ4v) is 6.12. The average Bonchev–Trinajstić information content (AvgIpc) is 3.42. The number of carbonyl (C=O) groups excluding carboxylic acids is 2. The molecular formula is C32H38N4O4S. The maximum absolute atomic E-state index is 13.9. The normalized spacial score (nSPS) is 13.2. The summed E-state index contributed by atoms with van der Waals surface area (Å²) in [6.45, 7) is 3.02. The van der Waals surface area contributed by atoms with E-state index in [1.165, 1.54) is 4.88 Å². The van der Waals surface area contributed by atoms with Crippen molar-refractivity contribution in [3.05, 3.63) is 75.5 Å². The molecule has 0 saturated heterocycles. The van der Waals surface area contributed by atoms with Gasteiger partial charge in [0.1, 0.15) is 6.54 Å². The molecule has 3 aromatic rings. The largest absolute Gasteiger partial charge is 0.493 e. The fraction of sp³-hybridized carbons (Fsp3) is 0.406. The quantitative estimate of drug-likeness (QED) is 0.287. The number of carbonyl (C=O) groups is 2. The lowest BCUT2D eigenvalue weighted by atomic mass is 9.94. The molecule has 3 amide bonds. The number of anilines is 1. The van der Waals surface area contributed by atoms with Crippen LogP contribution < -0.4 is 14.8 Å². The Balaban J connectivity index is 1.53. The smallest absolute Gasteiger partial charge is 0.322 e. The number of thiophene rings is 1. The minimum Gasteiger partial charge on any atom is -0.493 e. The molecule has 41 heavy (non-hydrogen) atoms. The summed E-state index contributed by atoms with van der Waals surface area (Å²) in [5, 5.41) is 12.2. The van der Waals surface area contributed by atoms with Crippen LogP contribution in [0.1, 0.15) is 53.0 Å². The number of ether oxygens (including phenoxy) is 2. The number of hydrogen-bond donors (Lipinski definition) is 1. The number of amides is 3. The van der Waals surface area contributed by atoms with E-state index >= 15 is 0 Å². The zero-order valence-electron chi connectivity index (χ0n) is 24.0. The summed E-state index contributed by atoms with van der Waals surface area (Å²) in [7, 11) is 3.22. The van der Waals surface area contributed by atoms with E-state index in [1.54, 1.807) is 54.7 Å². The Hall–Kier alpha value is -4.03. The Morgan fingerprint density at radius 3 is 2.49 bits per heavy atom. The second kappa shape index (κ2) is 14.6. The molecule has 1 aromatic heterocycles. The number of hydrogen-bond acceptors (Lipinski definition) is 6. The van der Waals surface area contributed by atoms with Crippen LogP contribution in [0.5, 0.6) is 11.5 Å². The van der Waals surface area contributed by atoms with Crippen molar-refractivity contribution in [3.8, 4) is 17.6 Å². The second-order valence-corrected chi connectivity index (χ2v) is 11.7.